The Morgan fingerprint density at radius 3 is 2.00 bits per heavy atom. The minimum Gasteiger partial charge on any atom is -0.158 e. The van der Waals surface area contributed by atoms with E-state index in [0.717, 1.165) is 0 Å². The smallest absolute Gasteiger partial charge is 0.0311 e. The summed E-state index contributed by atoms with van der Waals surface area (Å²) in [6.45, 7) is 4.03. The van der Waals surface area contributed by atoms with Gasteiger partial charge in [-0.05, 0) is 46.5 Å². The van der Waals surface area contributed by atoms with Gasteiger partial charge in [0.2, 0.25) is 0 Å². The third-order valence-electron chi connectivity index (χ3n) is 0.652. The van der Waals surface area contributed by atoms with Gasteiger partial charge in [0.1, 0.15) is 0 Å². The molecule has 0 aliphatic heterocycles. The summed E-state index contributed by atoms with van der Waals surface area (Å²) in [7, 11) is -0.208. The Labute approximate surface area is 62.8 Å². The molecule has 0 bridgehead atoms. The van der Waals surface area contributed by atoms with Gasteiger partial charge in [-0.3, -0.25) is 0 Å². The van der Waals surface area contributed by atoms with Crippen LogP contribution < -0.4 is 0 Å². The molecule has 1 unspecified atom stereocenters. The maximum absolute atomic E-state index is 5.69. The van der Waals surface area contributed by atoms with Gasteiger partial charge in [0, 0.05) is 12.3 Å². The summed E-state index contributed by atoms with van der Waals surface area (Å²) in [6, 6.07) is 0.350. The summed E-state index contributed by atoms with van der Waals surface area (Å²) in [5.74, 6) is 0. The van der Waals surface area contributed by atoms with Crippen molar-refractivity contribution in [1.29, 1.82) is 0 Å². The minimum absolute atomic E-state index is 0.208. The predicted molar refractivity (Wildman–Crippen MR) is 43.5 cm³/mol. The molecule has 0 heterocycles. The fraction of sp³-hybridized carbons (Fsp3) is 1.00. The molecule has 0 amide bonds. The van der Waals surface area contributed by atoms with Crippen molar-refractivity contribution in [2.75, 3.05) is 6.26 Å². The van der Waals surface area contributed by atoms with E-state index in [9.17, 15) is 0 Å². The molecule has 4 heteroatoms. The van der Waals surface area contributed by atoms with E-state index in [2.05, 4.69) is 0 Å². The average Bonchev–Trinajstić information content (AvgIpc) is 1.64. The van der Waals surface area contributed by atoms with Crippen molar-refractivity contribution in [3.8, 4) is 0 Å². The van der Waals surface area contributed by atoms with E-state index >= 15 is 0 Å². The molecule has 1 atom stereocenters. The Balaban J connectivity index is 3.64. The Morgan fingerprint density at radius 2 is 2.00 bits per heavy atom. The predicted octanol–water partition coefficient (Wildman–Crippen LogP) is 1.48. The van der Waals surface area contributed by atoms with Crippen LogP contribution in [0.2, 0.25) is 0 Å². The first-order chi connectivity index (χ1) is 3.55. The number of nitrogens with zero attached hydrogens (tertiary/aromatic N) is 1. The molecule has 0 fully saturated rings. The second-order valence-corrected chi connectivity index (χ2v) is 5.04. The molecule has 1 nitrogen and oxygen atoms in total. The van der Waals surface area contributed by atoms with Crippen molar-refractivity contribution in [2.24, 2.45) is 0 Å². The third kappa shape index (κ3) is 2.97. The van der Waals surface area contributed by atoms with Gasteiger partial charge in [-0.15, -0.1) is 0 Å². The van der Waals surface area contributed by atoms with E-state index in [1.54, 1.807) is 3.82 Å². The van der Waals surface area contributed by atoms with Gasteiger partial charge in [-0.1, -0.05) is 0 Å². The first-order valence-corrected chi connectivity index (χ1v) is 5.19. The lowest BCUT2D eigenvalue weighted by atomic mass is 10.4. The highest BCUT2D eigenvalue weighted by Gasteiger charge is 2.04. The van der Waals surface area contributed by atoms with Gasteiger partial charge in [0.05, 0.1) is 0 Å². The zero-order chi connectivity index (χ0) is 6.73. The Hall–Kier alpha value is 0.820. The highest BCUT2D eigenvalue weighted by atomic mass is 35.5. The van der Waals surface area contributed by atoms with E-state index in [0.29, 0.717) is 6.04 Å². The van der Waals surface area contributed by atoms with E-state index < -0.39 is 0 Å². The molecule has 50 valence electrons. The number of hydrogen-bond acceptors (Lipinski definition) is 1. The summed E-state index contributed by atoms with van der Waals surface area (Å²) in [5.41, 5.74) is 0. The zero-order valence-corrected chi connectivity index (χ0v) is 7.61. The van der Waals surface area contributed by atoms with Crippen LogP contribution in [0.25, 0.3) is 0 Å². The molecule has 0 aromatic carbocycles. The van der Waals surface area contributed by atoms with Gasteiger partial charge in [-0.2, -0.15) is 3.82 Å². The zero-order valence-electron chi connectivity index (χ0n) is 5.22. The molecule has 0 saturated carbocycles. The van der Waals surface area contributed by atoms with Gasteiger partial charge in [0.15, 0.2) is 0 Å². The van der Waals surface area contributed by atoms with Crippen LogP contribution in [0.4, 0.5) is 0 Å². The molecule has 0 aliphatic carbocycles. The highest BCUT2D eigenvalue weighted by Crippen LogP contribution is 2.03. The van der Waals surface area contributed by atoms with Crippen molar-refractivity contribution in [1.82, 2.24) is 3.82 Å². The van der Waals surface area contributed by atoms with Crippen LogP contribution in [0.3, 0.4) is 0 Å². The van der Waals surface area contributed by atoms with Crippen molar-refractivity contribution < 1.29 is 0 Å². The summed E-state index contributed by atoms with van der Waals surface area (Å²) < 4.78 is 1.65. The number of hydrogen-bond donors (Lipinski definition) is 0. The first kappa shape index (κ1) is 8.82. The Kier molecular flexibility index (Phi) is 4.16. The van der Waals surface area contributed by atoms with Crippen LogP contribution in [-0.2, 0) is 20.8 Å². The lowest BCUT2D eigenvalue weighted by molar-refractivity contribution is 0.585. The Morgan fingerprint density at radius 1 is 1.62 bits per heavy atom. The normalized spacial score (nSPS) is 15.2. The molecular formula is C4H10ClNS2. The van der Waals surface area contributed by atoms with E-state index in [-0.39, 0.29) is 9.64 Å². The maximum atomic E-state index is 5.69. The molecule has 0 N–H and O–H groups in total. The number of rotatable bonds is 2. The second kappa shape index (κ2) is 3.77. The van der Waals surface area contributed by atoms with Crippen LogP contribution in [-0.4, -0.2) is 16.1 Å². The number of halogens is 1. The summed E-state index contributed by atoms with van der Waals surface area (Å²) in [4.78, 5) is 0. The summed E-state index contributed by atoms with van der Waals surface area (Å²) in [5, 5.41) is 0. The third-order valence-corrected chi connectivity index (χ3v) is 3.30. The second-order valence-electron chi connectivity index (χ2n) is 1.79. The molecule has 0 aromatic heterocycles. The van der Waals surface area contributed by atoms with E-state index in [1.807, 2.05) is 20.1 Å². The molecule has 0 saturated heterocycles. The van der Waals surface area contributed by atoms with E-state index in [4.69, 9.17) is 23.0 Å². The molecule has 0 radical (unpaired) electrons. The monoisotopic (exact) mass is 171 g/mol. The van der Waals surface area contributed by atoms with Gasteiger partial charge >= 0.3 is 0 Å². The van der Waals surface area contributed by atoms with Crippen molar-refractivity contribution in [3.05, 3.63) is 0 Å². The fourth-order valence-corrected chi connectivity index (χ4v) is 1.41. The molecule has 0 spiro atoms. The van der Waals surface area contributed by atoms with Gasteiger partial charge in [-0.25, -0.2) is 0 Å². The average molecular weight is 172 g/mol. The molecule has 0 aliphatic rings. The standard InChI is InChI=1S/C4H10ClNS2/c1-4(2)6(5)8(3)7/h4H,1-3H3. The van der Waals surface area contributed by atoms with Gasteiger partial charge < -0.3 is 0 Å². The molecule has 0 rings (SSSR count). The SMILES string of the molecule is CC(C)N(Cl)S(C)=S. The van der Waals surface area contributed by atoms with Crippen LogP contribution in [0.15, 0.2) is 0 Å². The molecular weight excluding hydrogens is 162 g/mol. The van der Waals surface area contributed by atoms with Crippen LogP contribution in [0, 0.1) is 0 Å². The minimum atomic E-state index is -0.208. The summed E-state index contributed by atoms with van der Waals surface area (Å²) >= 11 is 10.6. The maximum Gasteiger partial charge on any atom is 0.0311 e. The van der Waals surface area contributed by atoms with Crippen molar-refractivity contribution in [2.45, 2.75) is 19.9 Å². The van der Waals surface area contributed by atoms with Crippen molar-refractivity contribution >= 4 is 32.6 Å². The highest BCUT2D eigenvalue weighted by molar-refractivity contribution is 8.27. The molecule has 0 aromatic rings. The summed E-state index contributed by atoms with van der Waals surface area (Å²) in [6.07, 6.45) is 1.92. The fourth-order valence-electron chi connectivity index (χ4n) is 0.297. The largest absolute Gasteiger partial charge is 0.158 e. The Bertz CT molecular complexity index is 94.0. The van der Waals surface area contributed by atoms with Crippen LogP contribution in [0.1, 0.15) is 13.8 Å². The van der Waals surface area contributed by atoms with Crippen LogP contribution >= 0.6 is 11.8 Å². The van der Waals surface area contributed by atoms with Crippen molar-refractivity contribution in [3.63, 3.8) is 0 Å². The van der Waals surface area contributed by atoms with Gasteiger partial charge in [0.25, 0.3) is 0 Å². The lowest BCUT2D eigenvalue weighted by Crippen LogP contribution is -2.21. The van der Waals surface area contributed by atoms with Crippen LogP contribution in [0.5, 0.6) is 0 Å². The first-order valence-electron chi connectivity index (χ1n) is 2.34. The lowest BCUT2D eigenvalue weighted by Gasteiger charge is -2.15. The topological polar surface area (TPSA) is 3.24 Å². The molecule has 8 heavy (non-hydrogen) atoms. The van der Waals surface area contributed by atoms with E-state index in [1.165, 1.54) is 0 Å². The quantitative estimate of drug-likeness (QED) is 0.580.